The third-order valence-corrected chi connectivity index (χ3v) is 11.0. The van der Waals surface area contributed by atoms with Crippen LogP contribution in [0.3, 0.4) is 0 Å². The highest BCUT2D eigenvalue weighted by molar-refractivity contribution is 5.85. The zero-order valence-corrected chi connectivity index (χ0v) is 35.9. The summed E-state index contributed by atoms with van der Waals surface area (Å²) >= 11 is 0. The molecule has 7 aromatic rings. The van der Waals surface area contributed by atoms with Gasteiger partial charge in [0.1, 0.15) is 34.8 Å². The van der Waals surface area contributed by atoms with E-state index in [-0.39, 0.29) is 5.41 Å². The third kappa shape index (κ3) is 7.43. The summed E-state index contributed by atoms with van der Waals surface area (Å²) in [5.74, 6) is 4.76. The van der Waals surface area contributed by atoms with Crippen LogP contribution in [0.5, 0.6) is 17.2 Å². The molecule has 0 unspecified atom stereocenters. The topological polar surface area (TPSA) is 99.9 Å². The Morgan fingerprint density at radius 2 is 1.28 bits per heavy atom. The number of ether oxygens (including phenoxy) is 3. The van der Waals surface area contributed by atoms with E-state index < -0.39 is 11.0 Å². The van der Waals surface area contributed by atoms with Gasteiger partial charge >= 0.3 is 0 Å². The molecule has 0 saturated carbocycles. The van der Waals surface area contributed by atoms with Gasteiger partial charge in [-0.25, -0.2) is 19.1 Å². The van der Waals surface area contributed by atoms with Crippen molar-refractivity contribution in [2.45, 2.75) is 91.6 Å². The average molecular weight is 778 g/mol. The summed E-state index contributed by atoms with van der Waals surface area (Å²) in [6.07, 6.45) is 8.22. The Kier molecular flexibility index (Phi) is 10.7. The van der Waals surface area contributed by atoms with Gasteiger partial charge < -0.3 is 14.2 Å². The van der Waals surface area contributed by atoms with Gasteiger partial charge in [-0.15, -0.1) is 0 Å². The second kappa shape index (κ2) is 15.4. The van der Waals surface area contributed by atoms with Crippen molar-refractivity contribution in [2.75, 3.05) is 21.3 Å². The summed E-state index contributed by atoms with van der Waals surface area (Å²) in [6, 6.07) is 22.5. The molecule has 58 heavy (non-hydrogen) atoms. The largest absolute Gasteiger partial charge is 0.497 e. The molecule has 0 aliphatic carbocycles. The molecule has 7 rings (SSSR count). The summed E-state index contributed by atoms with van der Waals surface area (Å²) in [7, 11) is 5.10. The number of hydrogen-bond acceptors (Lipinski definition) is 8. The molecular weight excluding hydrogens is 723 g/mol. The summed E-state index contributed by atoms with van der Waals surface area (Å²) in [4.78, 5) is 25.4. The number of benzene rings is 3. The van der Waals surface area contributed by atoms with Crippen LogP contribution < -0.4 is 23.3 Å². The van der Waals surface area contributed by atoms with Crippen LogP contribution in [0.25, 0.3) is 44.9 Å². The fourth-order valence-electron chi connectivity index (χ4n) is 8.18. The Hall–Kier alpha value is -6.03. The first kappa shape index (κ1) is 40.2. The zero-order chi connectivity index (χ0) is 41.6. The maximum absolute atomic E-state index is 5.87. The van der Waals surface area contributed by atoms with E-state index in [1.165, 1.54) is 0 Å². The molecule has 298 valence electrons. The molecule has 10 heteroatoms. The molecule has 4 aromatic heterocycles. The smallest absolute Gasteiger partial charge is 0.299 e. The fourth-order valence-corrected chi connectivity index (χ4v) is 8.18. The van der Waals surface area contributed by atoms with E-state index in [9.17, 15) is 0 Å². The van der Waals surface area contributed by atoms with Gasteiger partial charge in [-0.3, -0.25) is 4.98 Å². The minimum atomic E-state index is -0.638. The van der Waals surface area contributed by atoms with Crippen LogP contribution in [0.4, 0.5) is 0 Å². The van der Waals surface area contributed by atoms with Crippen LogP contribution in [-0.4, -0.2) is 46.2 Å². The van der Waals surface area contributed by atoms with E-state index in [1.807, 2.05) is 54.7 Å². The minimum Gasteiger partial charge on any atom is -0.497 e. The molecule has 0 fully saturated rings. The van der Waals surface area contributed by atoms with Gasteiger partial charge in [0, 0.05) is 53.7 Å². The molecule has 0 aliphatic heterocycles. The van der Waals surface area contributed by atoms with Crippen LogP contribution in [-0.2, 0) is 29.3 Å². The lowest BCUT2D eigenvalue weighted by molar-refractivity contribution is -0.733. The second-order valence-corrected chi connectivity index (χ2v) is 17.1. The number of fused-ring (bicyclic) bond motifs is 3. The van der Waals surface area contributed by atoms with Gasteiger partial charge in [0.05, 0.1) is 49.7 Å². The first-order valence-corrected chi connectivity index (χ1v) is 19.9. The first-order chi connectivity index (χ1) is 27.6. The van der Waals surface area contributed by atoms with Gasteiger partial charge in [-0.1, -0.05) is 47.6 Å². The monoisotopic (exact) mass is 777 g/mol. The van der Waals surface area contributed by atoms with Crippen LogP contribution in [0, 0.1) is 6.92 Å². The van der Waals surface area contributed by atoms with E-state index >= 15 is 0 Å². The molecule has 0 saturated heterocycles. The summed E-state index contributed by atoms with van der Waals surface area (Å²) in [5, 5.41) is 3.08. The molecule has 0 radical (unpaired) electrons. The van der Waals surface area contributed by atoms with Crippen molar-refractivity contribution in [1.82, 2.24) is 24.9 Å². The molecule has 4 heterocycles. The maximum atomic E-state index is 5.87. The number of pyridine rings is 1. The highest BCUT2D eigenvalue weighted by Crippen LogP contribution is 2.36. The van der Waals surface area contributed by atoms with E-state index in [0.29, 0.717) is 18.8 Å². The van der Waals surface area contributed by atoms with E-state index in [4.69, 9.17) is 34.1 Å². The normalized spacial score (nSPS) is 12.6. The number of nitrogens with zero attached hydrogens (tertiary/aromatic N) is 7. The maximum Gasteiger partial charge on any atom is 0.299 e. The number of rotatable bonds is 11. The molecular formula is C48H55N7O3+2. The predicted octanol–water partition coefficient (Wildman–Crippen LogP) is 8.82. The second-order valence-electron chi connectivity index (χ2n) is 17.1. The highest BCUT2D eigenvalue weighted by Gasteiger charge is 2.43. The van der Waals surface area contributed by atoms with E-state index in [0.717, 1.165) is 84.3 Å². The van der Waals surface area contributed by atoms with Crippen LogP contribution in [0.1, 0.15) is 95.5 Å². The highest BCUT2D eigenvalue weighted by atomic mass is 16.5. The van der Waals surface area contributed by atoms with E-state index in [1.54, 1.807) is 27.5 Å². The Labute approximate surface area is 341 Å². The fraction of sp³-hybridized carbons (Fsp3) is 0.354. The Morgan fingerprint density at radius 3 is 1.88 bits per heavy atom. The molecule has 0 amide bonds. The van der Waals surface area contributed by atoms with Crippen molar-refractivity contribution in [1.29, 1.82) is 0 Å². The zero-order valence-electron chi connectivity index (χ0n) is 35.9. The lowest BCUT2D eigenvalue weighted by Gasteiger charge is -2.28. The van der Waals surface area contributed by atoms with E-state index in [2.05, 4.69) is 107 Å². The predicted molar refractivity (Wildman–Crippen MR) is 230 cm³/mol. The van der Waals surface area contributed by atoms with Crippen LogP contribution in [0.15, 0.2) is 79.1 Å². The van der Waals surface area contributed by atoms with Gasteiger partial charge in [0.25, 0.3) is 11.6 Å². The van der Waals surface area contributed by atoms with Gasteiger partial charge in [-0.05, 0) is 84.0 Å². The van der Waals surface area contributed by atoms with Gasteiger partial charge in [0.2, 0.25) is 5.69 Å². The first-order valence-electron chi connectivity index (χ1n) is 19.9. The number of methoxy groups -OCH3 is 3. The molecule has 0 N–H and O–H groups in total. The SMILES string of the molecule is CCc1nc(C(C)(C)[n+]2c(C)nc(C(C)(C)C)c3ccc(OC)cc32)c2ccc(OC)cc2[n+]1CC(C)(C)c1nc(/C=C/c2cccnc2)nc2cc(OC)ccc12. The quantitative estimate of drug-likeness (QED) is 0.120. The molecule has 10 nitrogen and oxygen atoms in total. The lowest BCUT2D eigenvalue weighted by atomic mass is 9.85. The number of aryl methyl sites for hydroxylation is 2. The third-order valence-electron chi connectivity index (χ3n) is 11.0. The molecule has 0 atom stereocenters. The molecule has 0 aliphatic rings. The average Bonchev–Trinajstić information content (AvgIpc) is 3.21. The minimum absolute atomic E-state index is 0.166. The van der Waals surface area contributed by atoms with Gasteiger partial charge in [0.15, 0.2) is 17.1 Å². The Balaban J connectivity index is 1.43. The molecule has 0 spiro atoms. The van der Waals surface area contributed by atoms with Crippen molar-refractivity contribution in [3.05, 3.63) is 119 Å². The lowest BCUT2D eigenvalue weighted by Crippen LogP contribution is -2.58. The van der Waals surface area contributed by atoms with Crippen molar-refractivity contribution >= 4 is 44.9 Å². The van der Waals surface area contributed by atoms with Crippen molar-refractivity contribution in [2.24, 2.45) is 0 Å². The van der Waals surface area contributed by atoms with Crippen LogP contribution in [0.2, 0.25) is 0 Å². The summed E-state index contributed by atoms with van der Waals surface area (Å²) in [5.41, 5.74) is 5.48. The Bertz CT molecular complexity index is 2700. The number of hydrogen-bond donors (Lipinski definition) is 0. The number of aromatic nitrogens is 7. The standard InChI is InChI=1S/C48H55N7O3/c1-13-42-53-45(48(8,9)55-30(2)50-43(46(3,4)5)37-22-19-34(58-12)27-40(37)55)36-21-18-33(57-11)26-39(36)54(42)29-47(6,7)44-35-20-17-32(56-10)25-38(35)51-41(52-44)23-16-31-15-14-24-49-28-31/h14-28H,13,29H2,1-12H3/q+2/b23-16+. The molecule has 0 bridgehead atoms. The van der Waals surface area contributed by atoms with Crippen molar-refractivity contribution < 1.29 is 23.3 Å². The van der Waals surface area contributed by atoms with Gasteiger partial charge in [-0.2, -0.15) is 0 Å². The molecule has 3 aromatic carbocycles. The Morgan fingerprint density at radius 1 is 0.655 bits per heavy atom. The summed E-state index contributed by atoms with van der Waals surface area (Å²) in [6.45, 7) is 20.4. The summed E-state index contributed by atoms with van der Waals surface area (Å²) < 4.78 is 21.9. The van der Waals surface area contributed by atoms with Crippen molar-refractivity contribution in [3.63, 3.8) is 0 Å². The van der Waals surface area contributed by atoms with Crippen molar-refractivity contribution in [3.8, 4) is 17.2 Å². The van der Waals surface area contributed by atoms with Crippen LogP contribution >= 0.6 is 0 Å².